The van der Waals surface area contributed by atoms with Crippen LogP contribution in [0.1, 0.15) is 12.8 Å². The lowest BCUT2D eigenvalue weighted by Crippen LogP contribution is -2.29. The van der Waals surface area contributed by atoms with Crippen molar-refractivity contribution in [1.82, 2.24) is 39.3 Å². The van der Waals surface area contributed by atoms with Crippen LogP contribution in [0.25, 0.3) is 27.9 Å². The van der Waals surface area contributed by atoms with Crippen LogP contribution in [-0.2, 0) is 0 Å². The molecule has 0 fully saturated rings. The van der Waals surface area contributed by atoms with E-state index in [-0.39, 0.29) is 0 Å². The Morgan fingerprint density at radius 1 is 1.16 bits per heavy atom. The molecule has 0 atom stereocenters. The Hall–Kier alpha value is -3.72. The molecule has 0 bridgehead atoms. The highest BCUT2D eigenvalue weighted by atomic mass is 15.2. The fraction of sp³-hybridized carbons (Fsp3) is 0.304. The fourth-order valence-electron chi connectivity index (χ4n) is 3.84. The van der Waals surface area contributed by atoms with Gasteiger partial charge in [0.05, 0.1) is 5.69 Å². The van der Waals surface area contributed by atoms with Crippen molar-refractivity contribution in [2.75, 3.05) is 39.5 Å². The van der Waals surface area contributed by atoms with E-state index in [1.54, 1.807) is 10.7 Å². The third kappa shape index (κ3) is 4.06. The summed E-state index contributed by atoms with van der Waals surface area (Å²) in [5, 5.41) is 8.93. The lowest BCUT2D eigenvalue weighted by molar-refractivity contribution is 0.319. The standard InChI is InChI=1S/C23H27N9/c1-30(2)11-12-31(3)17-6-4-5-16(13-17)27-23-26-15-19-18(14-25-22(19)28-23)20-7-8-21-24-9-10-32(21)29-20/h5,7-10,13-15H,4,6,11-12H2,1-3H3,(H2,25,26,27,28). The first-order valence-electron chi connectivity index (χ1n) is 10.8. The van der Waals surface area contributed by atoms with Crippen LogP contribution in [0.15, 0.2) is 60.5 Å². The van der Waals surface area contributed by atoms with Crippen molar-refractivity contribution in [3.63, 3.8) is 0 Å². The highest BCUT2D eigenvalue weighted by molar-refractivity contribution is 5.92. The van der Waals surface area contributed by atoms with Gasteiger partial charge in [0.15, 0.2) is 5.65 Å². The molecule has 0 radical (unpaired) electrons. The SMILES string of the molecule is CN(C)CCN(C)C1=CC(Nc2ncc3c(-c4ccc5nccn5n4)c[nH]c3n2)=CCC1. The van der Waals surface area contributed by atoms with Crippen molar-refractivity contribution in [1.29, 1.82) is 0 Å². The summed E-state index contributed by atoms with van der Waals surface area (Å²) in [5.41, 5.74) is 5.74. The van der Waals surface area contributed by atoms with E-state index >= 15 is 0 Å². The zero-order chi connectivity index (χ0) is 22.1. The van der Waals surface area contributed by atoms with E-state index in [0.717, 1.165) is 59.6 Å². The fourth-order valence-corrected chi connectivity index (χ4v) is 3.84. The second-order valence-corrected chi connectivity index (χ2v) is 8.29. The summed E-state index contributed by atoms with van der Waals surface area (Å²) in [7, 11) is 6.35. The maximum Gasteiger partial charge on any atom is 0.229 e. The Balaban J connectivity index is 1.35. The minimum absolute atomic E-state index is 0.573. The van der Waals surface area contributed by atoms with E-state index in [1.165, 1.54) is 5.70 Å². The monoisotopic (exact) mass is 429 g/mol. The highest BCUT2D eigenvalue weighted by Crippen LogP contribution is 2.27. The van der Waals surface area contributed by atoms with Crippen LogP contribution < -0.4 is 5.32 Å². The number of anilines is 1. The molecule has 0 aliphatic heterocycles. The summed E-state index contributed by atoms with van der Waals surface area (Å²) in [6, 6.07) is 3.91. The maximum absolute atomic E-state index is 4.68. The van der Waals surface area contributed by atoms with Crippen molar-refractivity contribution in [2.45, 2.75) is 12.8 Å². The van der Waals surface area contributed by atoms with E-state index in [4.69, 9.17) is 0 Å². The van der Waals surface area contributed by atoms with Gasteiger partial charge < -0.3 is 20.1 Å². The number of hydrogen-bond donors (Lipinski definition) is 2. The minimum Gasteiger partial charge on any atom is -0.377 e. The Morgan fingerprint density at radius 2 is 2.06 bits per heavy atom. The van der Waals surface area contributed by atoms with Crippen molar-refractivity contribution in [3.8, 4) is 11.3 Å². The number of nitrogens with zero attached hydrogens (tertiary/aromatic N) is 7. The van der Waals surface area contributed by atoms with E-state index in [0.29, 0.717) is 5.95 Å². The molecule has 4 aromatic rings. The summed E-state index contributed by atoms with van der Waals surface area (Å²) in [4.78, 5) is 21.3. The Bertz CT molecular complexity index is 1310. The number of allylic oxidation sites excluding steroid dienone is 3. The molecule has 2 N–H and O–H groups in total. The van der Waals surface area contributed by atoms with Crippen LogP contribution in [0.4, 0.5) is 5.95 Å². The summed E-state index contributed by atoms with van der Waals surface area (Å²) < 4.78 is 1.76. The number of aromatic amines is 1. The number of nitrogens with one attached hydrogen (secondary N) is 2. The van der Waals surface area contributed by atoms with Gasteiger partial charge in [0.1, 0.15) is 5.65 Å². The van der Waals surface area contributed by atoms with Gasteiger partial charge in [-0.3, -0.25) is 0 Å². The average molecular weight is 430 g/mol. The minimum atomic E-state index is 0.573. The van der Waals surface area contributed by atoms with Crippen molar-refractivity contribution >= 4 is 22.6 Å². The topological polar surface area (TPSA) is 90.3 Å². The second-order valence-electron chi connectivity index (χ2n) is 8.29. The van der Waals surface area contributed by atoms with Gasteiger partial charge in [-0.1, -0.05) is 6.08 Å². The number of likely N-dealkylation sites (N-methyl/N-ethyl adjacent to an activating group) is 2. The van der Waals surface area contributed by atoms with E-state index in [2.05, 4.69) is 73.4 Å². The van der Waals surface area contributed by atoms with Gasteiger partial charge in [0.25, 0.3) is 0 Å². The number of rotatable bonds is 7. The van der Waals surface area contributed by atoms with Crippen molar-refractivity contribution in [3.05, 3.63) is 60.5 Å². The number of hydrogen-bond acceptors (Lipinski definition) is 7. The third-order valence-electron chi connectivity index (χ3n) is 5.68. The molecule has 0 saturated carbocycles. The molecule has 0 aromatic carbocycles. The van der Waals surface area contributed by atoms with Gasteiger partial charge in [-0.25, -0.2) is 14.5 Å². The second kappa shape index (κ2) is 8.43. The molecule has 0 amide bonds. The maximum atomic E-state index is 4.68. The van der Waals surface area contributed by atoms with Crippen LogP contribution in [0.5, 0.6) is 0 Å². The van der Waals surface area contributed by atoms with Gasteiger partial charge in [-0.2, -0.15) is 10.1 Å². The first-order chi connectivity index (χ1) is 15.6. The average Bonchev–Trinajstić information content (AvgIpc) is 3.43. The molecule has 4 heterocycles. The van der Waals surface area contributed by atoms with Gasteiger partial charge in [-0.15, -0.1) is 0 Å². The summed E-state index contributed by atoms with van der Waals surface area (Å²) in [6.07, 6.45) is 13.8. The molecule has 1 aliphatic carbocycles. The normalized spacial score (nSPS) is 14.1. The van der Waals surface area contributed by atoms with Gasteiger partial charge in [-0.05, 0) is 45.1 Å². The van der Waals surface area contributed by atoms with Crippen LogP contribution in [0.2, 0.25) is 0 Å². The number of H-pyrrole nitrogens is 1. The molecule has 0 spiro atoms. The van der Waals surface area contributed by atoms with Crippen molar-refractivity contribution < 1.29 is 0 Å². The Labute approximate surface area is 186 Å². The predicted octanol–water partition coefficient (Wildman–Crippen LogP) is 3.13. The molecule has 9 heteroatoms. The Kier molecular flexibility index (Phi) is 5.32. The summed E-state index contributed by atoms with van der Waals surface area (Å²) >= 11 is 0. The molecular weight excluding hydrogens is 402 g/mol. The van der Waals surface area contributed by atoms with Crippen LogP contribution in [-0.4, -0.2) is 73.6 Å². The highest BCUT2D eigenvalue weighted by Gasteiger charge is 2.14. The largest absolute Gasteiger partial charge is 0.377 e. The molecule has 4 aromatic heterocycles. The quantitative estimate of drug-likeness (QED) is 0.466. The van der Waals surface area contributed by atoms with E-state index < -0.39 is 0 Å². The molecule has 9 nitrogen and oxygen atoms in total. The van der Waals surface area contributed by atoms with Crippen LogP contribution >= 0.6 is 0 Å². The molecule has 5 rings (SSSR count). The van der Waals surface area contributed by atoms with Crippen LogP contribution in [0, 0.1) is 0 Å². The molecule has 164 valence electrons. The van der Waals surface area contributed by atoms with E-state index in [1.807, 2.05) is 30.7 Å². The lowest BCUT2D eigenvalue weighted by atomic mass is 10.1. The summed E-state index contributed by atoms with van der Waals surface area (Å²) in [5.74, 6) is 0.573. The molecule has 1 aliphatic rings. The Morgan fingerprint density at radius 3 is 2.94 bits per heavy atom. The zero-order valence-corrected chi connectivity index (χ0v) is 18.6. The van der Waals surface area contributed by atoms with E-state index in [9.17, 15) is 0 Å². The molecule has 0 saturated heterocycles. The van der Waals surface area contributed by atoms with Gasteiger partial charge in [0.2, 0.25) is 5.95 Å². The van der Waals surface area contributed by atoms with Gasteiger partial charge >= 0.3 is 0 Å². The predicted molar refractivity (Wildman–Crippen MR) is 126 cm³/mol. The van der Waals surface area contributed by atoms with Crippen LogP contribution in [0.3, 0.4) is 0 Å². The number of imidazole rings is 1. The number of aromatic nitrogens is 6. The first-order valence-corrected chi connectivity index (χ1v) is 10.8. The van der Waals surface area contributed by atoms with Gasteiger partial charge in [0, 0.05) is 67.3 Å². The first kappa shape index (κ1) is 20.2. The van der Waals surface area contributed by atoms with Crippen molar-refractivity contribution in [2.24, 2.45) is 0 Å². The molecular formula is C23H27N9. The summed E-state index contributed by atoms with van der Waals surface area (Å²) in [6.45, 7) is 2.02. The number of fused-ring (bicyclic) bond motifs is 2. The zero-order valence-electron chi connectivity index (χ0n) is 18.6. The third-order valence-corrected chi connectivity index (χ3v) is 5.68. The molecule has 32 heavy (non-hydrogen) atoms. The smallest absolute Gasteiger partial charge is 0.229 e. The molecule has 0 unspecified atom stereocenters. The lowest BCUT2D eigenvalue weighted by Gasteiger charge is -2.26.